The highest BCUT2D eigenvalue weighted by atomic mass is 32.1. The van der Waals surface area contributed by atoms with Crippen molar-refractivity contribution in [2.24, 2.45) is 7.05 Å². The minimum absolute atomic E-state index is 0.422. The third-order valence-corrected chi connectivity index (χ3v) is 4.02. The molecule has 1 atom stereocenters. The molecule has 0 spiro atoms. The number of carboxylic acids is 1. The number of aromatic nitrogens is 2. The number of nitrogens with one attached hydrogen (secondary N) is 1. The fourth-order valence-corrected chi connectivity index (χ4v) is 2.78. The maximum atomic E-state index is 12.3. The number of carbonyl (C=O) groups is 2. The van der Waals surface area contributed by atoms with E-state index in [0.717, 1.165) is 0 Å². The number of rotatable bonds is 4. The molecule has 0 aromatic carbocycles. The Kier molecular flexibility index (Phi) is 3.89. The summed E-state index contributed by atoms with van der Waals surface area (Å²) >= 11 is 1.29. The number of aliphatic carboxylic acids is 1. The van der Waals surface area contributed by atoms with Gasteiger partial charge in [0, 0.05) is 17.6 Å². The third-order valence-electron chi connectivity index (χ3n) is 3.09. The predicted molar refractivity (Wildman–Crippen MR) is 74.8 cm³/mol. The van der Waals surface area contributed by atoms with Crippen LogP contribution < -0.4 is 5.32 Å². The summed E-state index contributed by atoms with van der Waals surface area (Å²) in [5.41, 5.74) is 1.71. The van der Waals surface area contributed by atoms with E-state index < -0.39 is 17.9 Å². The van der Waals surface area contributed by atoms with Crippen molar-refractivity contribution < 1.29 is 14.7 Å². The van der Waals surface area contributed by atoms with E-state index in [1.54, 1.807) is 43.1 Å². The summed E-state index contributed by atoms with van der Waals surface area (Å²) < 4.78 is 1.60. The molecule has 0 aliphatic rings. The van der Waals surface area contributed by atoms with Crippen LogP contribution in [0.5, 0.6) is 0 Å². The maximum Gasteiger partial charge on any atom is 0.331 e. The fraction of sp³-hybridized carbons (Fsp3) is 0.308. The van der Waals surface area contributed by atoms with Crippen molar-refractivity contribution in [2.45, 2.75) is 19.9 Å². The van der Waals surface area contributed by atoms with Crippen LogP contribution in [0.1, 0.15) is 32.7 Å². The zero-order valence-corrected chi connectivity index (χ0v) is 12.2. The summed E-state index contributed by atoms with van der Waals surface area (Å²) in [6, 6.07) is 2.40. The molecule has 0 aliphatic heterocycles. The number of amides is 1. The molecule has 2 N–H and O–H groups in total. The molecule has 0 saturated heterocycles. The van der Waals surface area contributed by atoms with Gasteiger partial charge in [-0.15, -0.1) is 11.3 Å². The Morgan fingerprint density at radius 2 is 2.15 bits per heavy atom. The van der Waals surface area contributed by atoms with Crippen LogP contribution in [0.3, 0.4) is 0 Å². The van der Waals surface area contributed by atoms with Crippen LogP contribution in [0, 0.1) is 13.8 Å². The molecule has 0 aliphatic carbocycles. The van der Waals surface area contributed by atoms with Gasteiger partial charge in [0.05, 0.1) is 11.3 Å². The number of thiophene rings is 1. The zero-order chi connectivity index (χ0) is 14.9. The number of carbonyl (C=O) groups excluding carboxylic acids is 1. The largest absolute Gasteiger partial charge is 0.479 e. The van der Waals surface area contributed by atoms with E-state index in [4.69, 9.17) is 0 Å². The van der Waals surface area contributed by atoms with E-state index in [9.17, 15) is 14.7 Å². The van der Waals surface area contributed by atoms with Crippen molar-refractivity contribution in [1.29, 1.82) is 0 Å². The Bertz CT molecular complexity index is 646. The Hall–Kier alpha value is -2.15. The van der Waals surface area contributed by atoms with Crippen molar-refractivity contribution in [3.05, 3.63) is 39.3 Å². The van der Waals surface area contributed by atoms with Gasteiger partial charge < -0.3 is 10.4 Å². The van der Waals surface area contributed by atoms with Crippen LogP contribution in [0.4, 0.5) is 0 Å². The van der Waals surface area contributed by atoms with Gasteiger partial charge in [0.25, 0.3) is 5.91 Å². The highest BCUT2D eigenvalue weighted by Gasteiger charge is 2.26. The van der Waals surface area contributed by atoms with E-state index in [2.05, 4.69) is 10.4 Å². The second kappa shape index (κ2) is 5.46. The smallest absolute Gasteiger partial charge is 0.331 e. The molecule has 0 radical (unpaired) electrons. The first kappa shape index (κ1) is 14.3. The molecule has 2 rings (SSSR count). The first-order chi connectivity index (χ1) is 9.41. The summed E-state index contributed by atoms with van der Waals surface area (Å²) in [6.45, 7) is 3.50. The summed E-state index contributed by atoms with van der Waals surface area (Å²) in [4.78, 5) is 24.2. The monoisotopic (exact) mass is 293 g/mol. The van der Waals surface area contributed by atoms with Crippen molar-refractivity contribution in [3.8, 4) is 0 Å². The lowest BCUT2D eigenvalue weighted by Gasteiger charge is -2.13. The van der Waals surface area contributed by atoms with Crippen molar-refractivity contribution in [1.82, 2.24) is 15.1 Å². The molecule has 106 valence electrons. The molecular weight excluding hydrogens is 278 g/mol. The van der Waals surface area contributed by atoms with Crippen LogP contribution in [-0.2, 0) is 11.8 Å². The minimum atomic E-state index is -1.08. The molecule has 6 nitrogen and oxygen atoms in total. The normalized spacial score (nSPS) is 12.2. The highest BCUT2D eigenvalue weighted by molar-refractivity contribution is 7.10. The SMILES string of the molecule is Cc1nn(C)c(C)c1C(=O)NC(C(=O)O)c1cccs1. The third kappa shape index (κ3) is 2.57. The Labute approximate surface area is 120 Å². The topological polar surface area (TPSA) is 84.2 Å². The second-order valence-electron chi connectivity index (χ2n) is 4.43. The van der Waals surface area contributed by atoms with Crippen molar-refractivity contribution in [2.75, 3.05) is 0 Å². The molecule has 1 unspecified atom stereocenters. The quantitative estimate of drug-likeness (QED) is 0.897. The molecule has 0 saturated carbocycles. The highest BCUT2D eigenvalue weighted by Crippen LogP contribution is 2.21. The number of nitrogens with zero attached hydrogens (tertiary/aromatic N) is 2. The molecule has 2 aromatic rings. The predicted octanol–water partition coefficient (Wildman–Crippen LogP) is 1.65. The van der Waals surface area contributed by atoms with E-state index in [0.29, 0.717) is 21.8 Å². The van der Waals surface area contributed by atoms with E-state index in [-0.39, 0.29) is 0 Å². The van der Waals surface area contributed by atoms with Gasteiger partial charge in [-0.3, -0.25) is 9.48 Å². The molecule has 1 amide bonds. The molecule has 0 bridgehead atoms. The average molecular weight is 293 g/mol. The van der Waals surface area contributed by atoms with E-state index in [1.807, 2.05) is 0 Å². The number of aryl methyl sites for hydroxylation is 2. The van der Waals surface area contributed by atoms with Gasteiger partial charge in [0.1, 0.15) is 0 Å². The molecule has 2 heterocycles. The molecule has 0 fully saturated rings. The molecule has 20 heavy (non-hydrogen) atoms. The average Bonchev–Trinajstić information content (AvgIpc) is 2.96. The first-order valence-corrected chi connectivity index (χ1v) is 6.87. The standard InChI is InChI=1S/C13H15N3O3S/c1-7-10(8(2)16(3)15-7)12(17)14-11(13(18)19)9-5-4-6-20-9/h4-6,11H,1-3H3,(H,14,17)(H,18,19). The van der Waals surface area contributed by atoms with Gasteiger partial charge in [-0.2, -0.15) is 5.10 Å². The summed E-state index contributed by atoms with van der Waals surface area (Å²) in [5.74, 6) is -1.51. The van der Waals surface area contributed by atoms with E-state index in [1.165, 1.54) is 11.3 Å². The van der Waals surface area contributed by atoms with Crippen molar-refractivity contribution >= 4 is 23.2 Å². The second-order valence-corrected chi connectivity index (χ2v) is 5.41. The molecular formula is C13H15N3O3S. The lowest BCUT2D eigenvalue weighted by atomic mass is 10.1. The van der Waals surface area contributed by atoms with Gasteiger partial charge >= 0.3 is 5.97 Å². The Balaban J connectivity index is 2.28. The first-order valence-electron chi connectivity index (χ1n) is 5.99. The lowest BCUT2D eigenvalue weighted by Crippen LogP contribution is -2.33. The van der Waals surface area contributed by atoms with Gasteiger partial charge in [0.2, 0.25) is 0 Å². The maximum absolute atomic E-state index is 12.3. The Morgan fingerprint density at radius 1 is 1.45 bits per heavy atom. The number of hydrogen-bond donors (Lipinski definition) is 2. The molecule has 2 aromatic heterocycles. The summed E-state index contributed by atoms with van der Waals surface area (Å²) in [7, 11) is 1.74. The minimum Gasteiger partial charge on any atom is -0.479 e. The summed E-state index contributed by atoms with van der Waals surface area (Å²) in [5, 5.41) is 17.7. The van der Waals surface area contributed by atoms with Gasteiger partial charge in [0.15, 0.2) is 6.04 Å². The van der Waals surface area contributed by atoms with Gasteiger partial charge in [-0.05, 0) is 25.3 Å². The van der Waals surface area contributed by atoms with Gasteiger partial charge in [-0.1, -0.05) is 6.07 Å². The van der Waals surface area contributed by atoms with Crippen LogP contribution in [-0.4, -0.2) is 26.8 Å². The zero-order valence-electron chi connectivity index (χ0n) is 11.4. The van der Waals surface area contributed by atoms with Crippen LogP contribution in [0.2, 0.25) is 0 Å². The lowest BCUT2D eigenvalue weighted by molar-refractivity contribution is -0.139. The van der Waals surface area contributed by atoms with Crippen LogP contribution in [0.15, 0.2) is 17.5 Å². The van der Waals surface area contributed by atoms with Crippen molar-refractivity contribution in [3.63, 3.8) is 0 Å². The molecule has 7 heteroatoms. The van der Waals surface area contributed by atoms with Gasteiger partial charge in [-0.25, -0.2) is 4.79 Å². The number of carboxylic acid groups (broad SMARTS) is 1. The van der Waals surface area contributed by atoms with Crippen LogP contribution >= 0.6 is 11.3 Å². The summed E-state index contributed by atoms with van der Waals surface area (Å²) in [6.07, 6.45) is 0. The van der Waals surface area contributed by atoms with E-state index >= 15 is 0 Å². The Morgan fingerprint density at radius 3 is 2.60 bits per heavy atom. The van der Waals surface area contributed by atoms with Crippen LogP contribution in [0.25, 0.3) is 0 Å². The number of hydrogen-bond acceptors (Lipinski definition) is 4. The fourth-order valence-electron chi connectivity index (χ4n) is 2.02.